The Bertz CT molecular complexity index is 1270. The molecule has 2 amide bonds. The van der Waals surface area contributed by atoms with Crippen molar-refractivity contribution in [2.45, 2.75) is 32.1 Å². The Morgan fingerprint density at radius 3 is 3.00 bits per heavy atom. The lowest BCUT2D eigenvalue weighted by Gasteiger charge is -2.34. The van der Waals surface area contributed by atoms with E-state index >= 15 is 0 Å². The van der Waals surface area contributed by atoms with Crippen molar-refractivity contribution in [2.75, 3.05) is 5.73 Å². The maximum Gasteiger partial charge on any atom is 0.264 e. The molecule has 1 aromatic heterocycles. The van der Waals surface area contributed by atoms with E-state index in [-0.39, 0.29) is 4.57 Å². The third-order valence-electron chi connectivity index (χ3n) is 3.15. The molecule has 1 aliphatic heterocycles. The first-order valence-corrected chi connectivity index (χ1v) is 6.02. The number of imide groups is 1. The van der Waals surface area contributed by atoms with Crippen molar-refractivity contribution in [2.24, 2.45) is 0 Å². The van der Waals surface area contributed by atoms with Crippen LogP contribution in [0.15, 0.2) is 22.9 Å². The van der Waals surface area contributed by atoms with Crippen molar-refractivity contribution in [1.82, 2.24) is 14.9 Å². The largest absolute Gasteiger partial charge is 0.398 e. The highest BCUT2D eigenvalue weighted by Crippen LogP contribution is 2.27. The number of nitrogen functional groups attached to an aromatic ring is 1. The first-order chi connectivity index (χ1) is 14.4. The average molecular weight is 310 g/mol. The summed E-state index contributed by atoms with van der Waals surface area (Å²) in [5, 5.41) is 0.778. The Balaban J connectivity index is 2.66. The Morgan fingerprint density at radius 1 is 1.50 bits per heavy atom. The quantitative estimate of drug-likeness (QED) is 0.587. The lowest BCUT2D eigenvalue weighted by molar-refractivity contribution is -0.140. The summed E-state index contributed by atoms with van der Waals surface area (Å²) < 4.78 is 79.8. The van der Waals surface area contributed by atoms with E-state index in [9.17, 15) is 14.4 Å². The fourth-order valence-corrected chi connectivity index (χ4v) is 2.16. The molecule has 2 aromatic rings. The molecule has 0 radical (unpaired) electrons. The molecule has 0 spiro atoms. The summed E-state index contributed by atoms with van der Waals surface area (Å²) in [6, 6.07) is -2.10. The Kier molecular flexibility index (Phi) is 1.40. The van der Waals surface area contributed by atoms with Crippen LogP contribution < -0.4 is 16.6 Å². The van der Waals surface area contributed by atoms with Crippen LogP contribution >= 0.6 is 0 Å². The number of benzene rings is 1. The zero-order valence-corrected chi connectivity index (χ0v) is 11.2. The van der Waals surface area contributed by atoms with Crippen LogP contribution in [0.3, 0.4) is 0 Å². The number of carbonyl (C=O) groups is 2. The minimum Gasteiger partial charge on any atom is -0.398 e. The van der Waals surface area contributed by atoms with E-state index in [1.165, 1.54) is 5.32 Å². The van der Waals surface area contributed by atoms with Gasteiger partial charge in [-0.15, -0.1) is 0 Å². The Labute approximate surface area is 140 Å². The standard InChI is InChI=1S/C15H16N4O3/c1-8-17-10-5-3-4-9(16)12(10)13(21)19(8)15(2)7-6-11(20)18-14(15)22/h3-5H,6-7,16H2,1-2H3,(H,18,20,22)/t15-/m0/s1/i2D3,3D,4D,5D,6D2,7D2. The van der Waals surface area contributed by atoms with Crippen LogP contribution in [0.25, 0.3) is 10.9 Å². The lowest BCUT2D eigenvalue weighted by atomic mass is 9.90. The number of aryl methyl sites for hydroxylation is 1. The Morgan fingerprint density at radius 2 is 2.27 bits per heavy atom. The monoisotopic (exact) mass is 310 g/mol. The number of aromatic nitrogens is 2. The van der Waals surface area contributed by atoms with Crippen molar-refractivity contribution in [3.8, 4) is 0 Å². The molecule has 7 heteroatoms. The highest BCUT2D eigenvalue weighted by Gasteiger charge is 2.42. The SMILES string of the molecule is [2H]c1c([2H])c(N)c2c(=O)n([C@]3(C([2H])([2H])[2H])C(=O)NC(=O)C([2H])([2H])C3([2H])[2H])c(C)nc2c1[2H]. The molecule has 3 N–H and O–H groups in total. The van der Waals surface area contributed by atoms with Gasteiger partial charge in [-0.1, -0.05) is 6.04 Å². The van der Waals surface area contributed by atoms with Crippen molar-refractivity contribution < 1.29 is 23.3 Å². The first kappa shape index (κ1) is 6.60. The van der Waals surface area contributed by atoms with Gasteiger partial charge in [0, 0.05) is 21.7 Å². The summed E-state index contributed by atoms with van der Waals surface area (Å²) in [5.74, 6) is -4.15. The summed E-state index contributed by atoms with van der Waals surface area (Å²) >= 11 is 0. The van der Waals surface area contributed by atoms with E-state index in [0.29, 0.717) is 0 Å². The van der Waals surface area contributed by atoms with Crippen molar-refractivity contribution in [3.05, 3.63) is 34.3 Å². The molecular weight excluding hydrogens is 284 g/mol. The summed E-state index contributed by atoms with van der Waals surface area (Å²) in [5.41, 5.74) is -0.457. The molecule has 1 saturated heterocycles. The lowest BCUT2D eigenvalue weighted by Crippen LogP contribution is -2.56. The van der Waals surface area contributed by atoms with Crippen LogP contribution in [0, 0.1) is 6.92 Å². The van der Waals surface area contributed by atoms with Gasteiger partial charge in [-0.2, -0.15) is 0 Å². The van der Waals surface area contributed by atoms with E-state index in [0.717, 1.165) is 6.92 Å². The predicted octanol–water partition coefficient (Wildman–Crippen LogP) is 0.439. The number of anilines is 1. The number of piperidine rings is 1. The maximum absolute atomic E-state index is 13.5. The molecule has 1 aromatic carbocycles. The summed E-state index contributed by atoms with van der Waals surface area (Å²) in [6.07, 6.45) is -7.37. The molecule has 0 aliphatic carbocycles. The second-order valence-corrected chi connectivity index (χ2v) is 4.56. The highest BCUT2D eigenvalue weighted by atomic mass is 16.2. The molecule has 0 saturated carbocycles. The van der Waals surface area contributed by atoms with Gasteiger partial charge in [0.15, 0.2) is 0 Å². The fourth-order valence-electron chi connectivity index (χ4n) is 2.16. The number of nitrogens with zero attached hydrogens (tertiary/aromatic N) is 2. The number of fused-ring (bicyclic) bond motifs is 1. The van der Waals surface area contributed by atoms with Gasteiger partial charge in [-0.3, -0.25) is 24.3 Å². The van der Waals surface area contributed by atoms with Crippen molar-refractivity contribution in [1.29, 1.82) is 0 Å². The highest BCUT2D eigenvalue weighted by molar-refractivity contribution is 6.01. The van der Waals surface area contributed by atoms with Crippen LogP contribution in [0.4, 0.5) is 5.69 Å². The van der Waals surface area contributed by atoms with Crippen LogP contribution in [-0.2, 0) is 15.1 Å². The first-order valence-electron chi connectivity index (χ1n) is 11.0. The number of hydrogen-bond donors (Lipinski definition) is 2. The summed E-state index contributed by atoms with van der Waals surface area (Å²) in [6.45, 7) is -2.73. The average Bonchev–Trinajstić information content (AvgIpc) is 2.64. The molecule has 22 heavy (non-hydrogen) atoms. The molecule has 0 unspecified atom stereocenters. The predicted molar refractivity (Wildman–Crippen MR) is 81.2 cm³/mol. The third-order valence-corrected chi connectivity index (χ3v) is 3.15. The van der Waals surface area contributed by atoms with Crippen LogP contribution in [0.1, 0.15) is 39.1 Å². The second kappa shape index (κ2) is 4.66. The van der Waals surface area contributed by atoms with E-state index in [2.05, 4.69) is 4.98 Å². The molecule has 1 fully saturated rings. The van der Waals surface area contributed by atoms with Crippen LogP contribution in [-0.4, -0.2) is 21.4 Å². The van der Waals surface area contributed by atoms with Crippen molar-refractivity contribution >= 4 is 28.4 Å². The minimum absolute atomic E-state index is 0.0980. The van der Waals surface area contributed by atoms with E-state index in [1.807, 2.05) is 0 Å². The zero-order chi connectivity index (χ0) is 24.8. The number of carbonyl (C=O) groups excluding carboxylic acids is 2. The van der Waals surface area contributed by atoms with Crippen LogP contribution in [0.2, 0.25) is 0 Å². The number of hydrogen-bond acceptors (Lipinski definition) is 5. The molecular formula is C15H16N4O3. The second-order valence-electron chi connectivity index (χ2n) is 4.56. The Hall–Kier alpha value is -2.70. The van der Waals surface area contributed by atoms with Gasteiger partial charge in [0.05, 0.1) is 15.0 Å². The smallest absolute Gasteiger partial charge is 0.264 e. The number of nitrogens with two attached hydrogens (primary N) is 1. The van der Waals surface area contributed by atoms with Gasteiger partial charge in [-0.05, 0) is 32.2 Å². The molecule has 3 rings (SSSR count). The summed E-state index contributed by atoms with van der Waals surface area (Å²) in [4.78, 5) is 42.4. The molecule has 0 bridgehead atoms. The molecule has 1 atom stereocenters. The van der Waals surface area contributed by atoms with Crippen molar-refractivity contribution in [3.63, 3.8) is 0 Å². The molecule has 114 valence electrons. The van der Waals surface area contributed by atoms with Crippen LogP contribution in [0.5, 0.6) is 0 Å². The van der Waals surface area contributed by atoms with E-state index in [1.54, 1.807) is 0 Å². The zero-order valence-electron chi connectivity index (χ0n) is 21.2. The van der Waals surface area contributed by atoms with Gasteiger partial charge < -0.3 is 5.73 Å². The normalized spacial score (nSPS) is 33.7. The third kappa shape index (κ3) is 1.89. The van der Waals surface area contributed by atoms with Gasteiger partial charge in [-0.25, -0.2) is 4.98 Å². The molecule has 7 nitrogen and oxygen atoms in total. The fraction of sp³-hybridized carbons (Fsp3) is 0.333. The maximum atomic E-state index is 13.5. The minimum atomic E-state index is -3.80. The van der Waals surface area contributed by atoms with Gasteiger partial charge in [0.1, 0.15) is 11.4 Å². The van der Waals surface area contributed by atoms with Gasteiger partial charge >= 0.3 is 0 Å². The summed E-state index contributed by atoms with van der Waals surface area (Å²) in [7, 11) is 0. The van der Waals surface area contributed by atoms with Gasteiger partial charge in [0.2, 0.25) is 5.91 Å². The van der Waals surface area contributed by atoms with E-state index in [4.69, 9.17) is 19.4 Å². The molecule has 2 heterocycles. The van der Waals surface area contributed by atoms with Gasteiger partial charge in [0.25, 0.3) is 11.5 Å². The topological polar surface area (TPSA) is 107 Å². The number of nitrogens with one attached hydrogen (secondary N) is 1. The molecule has 1 aliphatic rings. The number of rotatable bonds is 1. The number of amides is 2. The van der Waals surface area contributed by atoms with E-state index < -0.39 is 83.1 Å².